The van der Waals surface area contributed by atoms with Crippen LogP contribution < -0.4 is 10.1 Å². The number of carbonyl (C=O) groups excluding carboxylic acids is 1. The summed E-state index contributed by atoms with van der Waals surface area (Å²) < 4.78 is 6.92. The highest BCUT2D eigenvalue weighted by Gasteiger charge is 2.11. The molecule has 8 heteroatoms. The molecule has 0 aliphatic carbocycles. The van der Waals surface area contributed by atoms with Gasteiger partial charge in [-0.2, -0.15) is 0 Å². The van der Waals surface area contributed by atoms with Crippen molar-refractivity contribution in [3.63, 3.8) is 0 Å². The molecule has 0 aliphatic heterocycles. The van der Waals surface area contributed by atoms with Gasteiger partial charge in [0.25, 0.3) is 0 Å². The maximum absolute atomic E-state index is 12.1. The lowest BCUT2D eigenvalue weighted by molar-refractivity contribution is -0.119. The second-order valence-electron chi connectivity index (χ2n) is 7.05. The number of methoxy groups -OCH3 is 1. The zero-order valence-corrected chi connectivity index (χ0v) is 19.4. The first-order chi connectivity index (χ1) is 13.5. The molecule has 0 aliphatic rings. The predicted molar refractivity (Wildman–Crippen MR) is 119 cm³/mol. The monoisotopic (exact) mass is 439 g/mol. The van der Waals surface area contributed by atoms with Crippen LogP contribution in [0.25, 0.3) is 0 Å². The Morgan fingerprint density at radius 3 is 2.43 bits per heavy atom. The topological polar surface area (TPSA) is 64.1 Å². The van der Waals surface area contributed by atoms with Gasteiger partial charge in [-0.3, -0.25) is 4.79 Å². The smallest absolute Gasteiger partial charge is 0.230 e. The second kappa shape index (κ2) is 12.3. The quantitative estimate of drug-likeness (QED) is 0.455. The van der Waals surface area contributed by atoms with E-state index < -0.39 is 0 Å². The lowest BCUT2D eigenvalue weighted by atomic mass is 10.0. The average molecular weight is 440 g/mol. The fourth-order valence-electron chi connectivity index (χ4n) is 2.53. The van der Waals surface area contributed by atoms with Crippen LogP contribution in [0.3, 0.4) is 0 Å². The molecule has 1 atom stereocenters. The van der Waals surface area contributed by atoms with Crippen molar-refractivity contribution in [3.05, 3.63) is 29.8 Å². The summed E-state index contributed by atoms with van der Waals surface area (Å²) in [5, 5.41) is 11.5. The first-order valence-electron chi connectivity index (χ1n) is 9.47. The largest absolute Gasteiger partial charge is 0.497 e. The molecule has 1 aromatic carbocycles. The Bertz CT molecular complexity index is 720. The van der Waals surface area contributed by atoms with Crippen LogP contribution in [0.5, 0.6) is 5.75 Å². The van der Waals surface area contributed by atoms with Crippen molar-refractivity contribution >= 4 is 40.8 Å². The first kappa shape index (κ1) is 23.0. The van der Waals surface area contributed by atoms with Crippen LogP contribution in [0.15, 0.2) is 32.9 Å². The Kier molecular flexibility index (Phi) is 10.2. The predicted octanol–water partition coefficient (Wildman–Crippen LogP) is 5.26. The van der Waals surface area contributed by atoms with Gasteiger partial charge in [0.1, 0.15) is 5.75 Å². The Morgan fingerprint density at radius 2 is 1.79 bits per heavy atom. The number of carbonyl (C=O) groups is 1. The highest BCUT2D eigenvalue weighted by Crippen LogP contribution is 2.31. The average Bonchev–Trinajstić information content (AvgIpc) is 3.13. The van der Waals surface area contributed by atoms with Gasteiger partial charge in [0.2, 0.25) is 5.91 Å². The van der Waals surface area contributed by atoms with Gasteiger partial charge in [0, 0.05) is 11.8 Å². The number of thioether (sulfide) groups is 2. The number of hydrogen-bond acceptors (Lipinski definition) is 7. The van der Waals surface area contributed by atoms with Crippen molar-refractivity contribution < 1.29 is 9.53 Å². The van der Waals surface area contributed by atoms with Gasteiger partial charge in [0.05, 0.1) is 12.9 Å². The van der Waals surface area contributed by atoms with E-state index in [0.717, 1.165) is 33.0 Å². The van der Waals surface area contributed by atoms with E-state index in [1.54, 1.807) is 18.9 Å². The summed E-state index contributed by atoms with van der Waals surface area (Å²) >= 11 is 4.64. The molecule has 154 valence electrons. The molecule has 1 heterocycles. The molecule has 2 aromatic rings. The first-order valence-corrected chi connectivity index (χ1v) is 12.3. The summed E-state index contributed by atoms with van der Waals surface area (Å²) in [5.41, 5.74) is 1.21. The van der Waals surface area contributed by atoms with Gasteiger partial charge in [-0.25, -0.2) is 0 Å². The minimum Gasteiger partial charge on any atom is -0.497 e. The van der Waals surface area contributed by atoms with E-state index in [9.17, 15) is 4.79 Å². The van der Waals surface area contributed by atoms with Crippen LogP contribution in [0.1, 0.15) is 45.6 Å². The van der Waals surface area contributed by atoms with Crippen LogP contribution in [-0.4, -0.2) is 35.0 Å². The molecule has 0 saturated carbocycles. The SMILES string of the molecule is COc1ccc(CSc2nnc(SCC(=O)NC(C)CCCC(C)C)s2)cc1. The van der Waals surface area contributed by atoms with E-state index in [0.29, 0.717) is 11.7 Å². The highest BCUT2D eigenvalue weighted by molar-refractivity contribution is 8.03. The van der Waals surface area contributed by atoms with Crippen molar-refractivity contribution in [1.82, 2.24) is 15.5 Å². The lowest BCUT2D eigenvalue weighted by Crippen LogP contribution is -2.33. The van der Waals surface area contributed by atoms with Gasteiger partial charge in [-0.15, -0.1) is 10.2 Å². The maximum Gasteiger partial charge on any atom is 0.230 e. The fourth-order valence-corrected chi connectivity index (χ4v) is 5.32. The number of amides is 1. The number of ether oxygens (including phenoxy) is 1. The molecule has 0 spiro atoms. The molecule has 1 N–H and O–H groups in total. The minimum absolute atomic E-state index is 0.0599. The Hall–Kier alpha value is -1.25. The summed E-state index contributed by atoms with van der Waals surface area (Å²) in [6.45, 7) is 6.53. The number of aromatic nitrogens is 2. The van der Waals surface area contributed by atoms with Gasteiger partial charge in [0.15, 0.2) is 8.68 Å². The number of rotatable bonds is 12. The molecule has 5 nitrogen and oxygen atoms in total. The Morgan fingerprint density at radius 1 is 1.11 bits per heavy atom. The number of hydrogen-bond donors (Lipinski definition) is 1. The summed E-state index contributed by atoms with van der Waals surface area (Å²) in [6, 6.07) is 8.24. The van der Waals surface area contributed by atoms with Gasteiger partial charge in [-0.05, 0) is 37.0 Å². The second-order valence-corrected chi connectivity index (χ2v) is 10.5. The molecular formula is C20H29N3O2S3. The molecule has 1 unspecified atom stereocenters. The van der Waals surface area contributed by atoms with Crippen LogP contribution in [-0.2, 0) is 10.5 Å². The van der Waals surface area contributed by atoms with Crippen molar-refractivity contribution in [2.75, 3.05) is 12.9 Å². The van der Waals surface area contributed by atoms with Crippen LogP contribution in [0.4, 0.5) is 0 Å². The van der Waals surface area contributed by atoms with Crippen molar-refractivity contribution in [2.45, 2.75) is 60.5 Å². The van der Waals surface area contributed by atoms with Gasteiger partial charge in [-0.1, -0.05) is 73.7 Å². The van der Waals surface area contributed by atoms with E-state index in [-0.39, 0.29) is 11.9 Å². The summed E-state index contributed by atoms with van der Waals surface area (Å²) in [4.78, 5) is 12.1. The van der Waals surface area contributed by atoms with E-state index in [1.807, 2.05) is 12.1 Å². The Balaban J connectivity index is 1.68. The third-order valence-corrected chi connectivity index (χ3v) is 7.32. The highest BCUT2D eigenvalue weighted by atomic mass is 32.2. The van der Waals surface area contributed by atoms with Crippen molar-refractivity contribution in [2.24, 2.45) is 5.92 Å². The van der Waals surface area contributed by atoms with Crippen LogP contribution in [0, 0.1) is 5.92 Å². The minimum atomic E-state index is 0.0599. The zero-order valence-electron chi connectivity index (χ0n) is 16.9. The molecule has 0 saturated heterocycles. The molecule has 1 aromatic heterocycles. The maximum atomic E-state index is 12.1. The van der Waals surface area contributed by atoms with Gasteiger partial charge >= 0.3 is 0 Å². The van der Waals surface area contributed by atoms with E-state index in [4.69, 9.17) is 4.74 Å². The van der Waals surface area contributed by atoms with E-state index in [2.05, 4.69) is 48.4 Å². The van der Waals surface area contributed by atoms with Crippen molar-refractivity contribution in [3.8, 4) is 5.75 Å². The molecular weight excluding hydrogens is 410 g/mol. The van der Waals surface area contributed by atoms with Gasteiger partial charge < -0.3 is 10.1 Å². The Labute approximate surface area is 180 Å². The van der Waals surface area contributed by atoms with Crippen LogP contribution >= 0.6 is 34.9 Å². The summed E-state index contributed by atoms with van der Waals surface area (Å²) in [6.07, 6.45) is 3.38. The number of benzene rings is 1. The molecule has 0 fully saturated rings. The standard InChI is InChI=1S/C20H29N3O2S3/c1-14(2)6-5-7-15(3)21-18(24)13-27-20-23-22-19(28-20)26-12-16-8-10-17(25-4)11-9-16/h8-11,14-15H,5-7,12-13H2,1-4H3,(H,21,24). The number of nitrogens with one attached hydrogen (secondary N) is 1. The van der Waals surface area contributed by atoms with E-state index >= 15 is 0 Å². The third-order valence-electron chi connectivity index (χ3n) is 4.06. The lowest BCUT2D eigenvalue weighted by Gasteiger charge is -2.14. The molecule has 0 radical (unpaired) electrons. The molecule has 2 rings (SSSR count). The summed E-state index contributed by atoms with van der Waals surface area (Å²) in [5.74, 6) is 2.84. The van der Waals surface area contributed by atoms with Crippen molar-refractivity contribution in [1.29, 1.82) is 0 Å². The third kappa shape index (κ3) is 8.84. The van der Waals surface area contributed by atoms with Crippen LogP contribution in [0.2, 0.25) is 0 Å². The fraction of sp³-hybridized carbons (Fsp3) is 0.550. The number of nitrogens with zero attached hydrogens (tertiary/aromatic N) is 2. The summed E-state index contributed by atoms with van der Waals surface area (Å²) in [7, 11) is 1.66. The normalized spacial score (nSPS) is 12.2. The van der Waals surface area contributed by atoms with E-state index in [1.165, 1.54) is 35.1 Å². The zero-order chi connectivity index (χ0) is 20.4. The molecule has 28 heavy (non-hydrogen) atoms. The molecule has 0 bridgehead atoms. The molecule has 1 amide bonds.